The van der Waals surface area contributed by atoms with E-state index in [0.717, 1.165) is 22.5 Å². The van der Waals surface area contributed by atoms with Crippen molar-refractivity contribution in [1.29, 1.82) is 0 Å². The second-order valence-corrected chi connectivity index (χ2v) is 6.68. The molecule has 0 fully saturated rings. The Labute approximate surface area is 153 Å². The van der Waals surface area contributed by atoms with Gasteiger partial charge in [-0.1, -0.05) is 16.8 Å². The Morgan fingerprint density at radius 1 is 1.40 bits per heavy atom. The second kappa shape index (κ2) is 7.25. The van der Waals surface area contributed by atoms with Crippen LogP contribution in [0.3, 0.4) is 0 Å². The molecular formula is C17H16ClN3O3S. The van der Waals surface area contributed by atoms with Gasteiger partial charge in [0.05, 0.1) is 29.9 Å². The summed E-state index contributed by atoms with van der Waals surface area (Å²) < 4.78 is 10.2. The first-order chi connectivity index (χ1) is 12.0. The van der Waals surface area contributed by atoms with Gasteiger partial charge in [-0.25, -0.2) is 4.98 Å². The predicted molar refractivity (Wildman–Crippen MR) is 97.4 cm³/mol. The van der Waals surface area contributed by atoms with Gasteiger partial charge in [0, 0.05) is 16.5 Å². The minimum atomic E-state index is -0.164. The molecule has 0 spiro atoms. The molecule has 2 heterocycles. The maximum absolute atomic E-state index is 12.2. The van der Waals surface area contributed by atoms with Gasteiger partial charge in [-0.15, -0.1) is 11.3 Å². The molecule has 0 bridgehead atoms. The zero-order valence-electron chi connectivity index (χ0n) is 13.9. The van der Waals surface area contributed by atoms with E-state index in [9.17, 15) is 4.79 Å². The molecule has 0 aliphatic rings. The summed E-state index contributed by atoms with van der Waals surface area (Å²) in [5.74, 6) is 1.09. The summed E-state index contributed by atoms with van der Waals surface area (Å²) >= 11 is 7.50. The first-order valence-electron chi connectivity index (χ1n) is 7.49. The number of anilines is 1. The number of hydrogen-bond acceptors (Lipinski definition) is 6. The number of ether oxygens (including phenoxy) is 1. The largest absolute Gasteiger partial charge is 0.495 e. The van der Waals surface area contributed by atoms with Crippen molar-refractivity contribution in [2.24, 2.45) is 0 Å². The van der Waals surface area contributed by atoms with Crippen molar-refractivity contribution in [3.05, 3.63) is 45.6 Å². The van der Waals surface area contributed by atoms with Crippen LogP contribution >= 0.6 is 22.9 Å². The lowest BCUT2D eigenvalue weighted by molar-refractivity contribution is -0.115. The smallest absolute Gasteiger partial charge is 0.230 e. The second-order valence-electron chi connectivity index (χ2n) is 5.41. The standard InChI is InChI=1S/C17H16ClN3O3S/c1-9-12(10(2)24-21-9)7-16(22)20-17-19-14(8-25-17)11-4-5-15(23-3)13(18)6-11/h4-6,8H,7H2,1-3H3,(H,19,20,22). The van der Waals surface area contributed by atoms with Crippen molar-refractivity contribution in [1.82, 2.24) is 10.1 Å². The Morgan fingerprint density at radius 2 is 2.20 bits per heavy atom. The van der Waals surface area contributed by atoms with Gasteiger partial charge < -0.3 is 14.6 Å². The molecule has 8 heteroatoms. The SMILES string of the molecule is COc1ccc(-c2csc(NC(=O)Cc3c(C)noc3C)n2)cc1Cl. The molecule has 0 atom stereocenters. The molecule has 0 radical (unpaired) electrons. The number of aryl methyl sites for hydroxylation is 2. The number of hydrogen-bond donors (Lipinski definition) is 1. The van der Waals surface area contributed by atoms with Gasteiger partial charge in [0.25, 0.3) is 0 Å². The molecule has 0 saturated heterocycles. The van der Waals surface area contributed by atoms with E-state index < -0.39 is 0 Å². The van der Waals surface area contributed by atoms with Crippen LogP contribution in [0.15, 0.2) is 28.1 Å². The molecule has 1 amide bonds. The summed E-state index contributed by atoms with van der Waals surface area (Å²) in [6.07, 6.45) is 0.199. The molecular weight excluding hydrogens is 362 g/mol. The molecule has 0 aliphatic carbocycles. The number of halogens is 1. The van der Waals surface area contributed by atoms with E-state index in [1.54, 1.807) is 26.2 Å². The van der Waals surface area contributed by atoms with Crippen LogP contribution in [0.4, 0.5) is 5.13 Å². The normalized spacial score (nSPS) is 10.7. The lowest BCUT2D eigenvalue weighted by Crippen LogP contribution is -2.15. The molecule has 2 aromatic heterocycles. The highest BCUT2D eigenvalue weighted by atomic mass is 35.5. The maximum atomic E-state index is 12.2. The molecule has 1 N–H and O–H groups in total. The van der Waals surface area contributed by atoms with Gasteiger partial charge in [0.1, 0.15) is 11.5 Å². The number of nitrogens with one attached hydrogen (secondary N) is 1. The number of carbonyl (C=O) groups is 1. The van der Waals surface area contributed by atoms with E-state index in [-0.39, 0.29) is 12.3 Å². The van der Waals surface area contributed by atoms with Crippen LogP contribution in [0.25, 0.3) is 11.3 Å². The third-order valence-electron chi connectivity index (χ3n) is 3.72. The third-order valence-corrected chi connectivity index (χ3v) is 4.77. The molecule has 6 nitrogen and oxygen atoms in total. The van der Waals surface area contributed by atoms with Crippen molar-refractivity contribution in [2.45, 2.75) is 20.3 Å². The average molecular weight is 378 g/mol. The summed E-state index contributed by atoms with van der Waals surface area (Å²) in [4.78, 5) is 16.7. The molecule has 1 aromatic carbocycles. The lowest BCUT2D eigenvalue weighted by atomic mass is 10.1. The number of benzene rings is 1. The third kappa shape index (κ3) is 3.83. The summed E-state index contributed by atoms with van der Waals surface area (Å²) in [6, 6.07) is 5.44. The quantitative estimate of drug-likeness (QED) is 0.718. The Morgan fingerprint density at radius 3 is 2.84 bits per heavy atom. The molecule has 0 aliphatic heterocycles. The van der Waals surface area contributed by atoms with Crippen molar-refractivity contribution in [3.8, 4) is 17.0 Å². The van der Waals surface area contributed by atoms with E-state index in [1.165, 1.54) is 11.3 Å². The fourth-order valence-electron chi connectivity index (χ4n) is 2.37. The zero-order valence-corrected chi connectivity index (χ0v) is 15.5. The summed E-state index contributed by atoms with van der Waals surface area (Å²) in [7, 11) is 1.57. The first kappa shape index (κ1) is 17.4. The summed E-state index contributed by atoms with van der Waals surface area (Å²) in [5.41, 5.74) is 3.12. The number of carbonyl (C=O) groups excluding carboxylic acids is 1. The van der Waals surface area contributed by atoms with Crippen molar-refractivity contribution in [3.63, 3.8) is 0 Å². The molecule has 130 valence electrons. The number of nitrogens with zero attached hydrogens (tertiary/aromatic N) is 2. The van der Waals surface area contributed by atoms with E-state index in [2.05, 4.69) is 15.5 Å². The molecule has 25 heavy (non-hydrogen) atoms. The van der Waals surface area contributed by atoms with Crippen LogP contribution in [0, 0.1) is 13.8 Å². The van der Waals surface area contributed by atoms with Crippen LogP contribution in [-0.4, -0.2) is 23.2 Å². The van der Waals surface area contributed by atoms with Crippen molar-refractivity contribution >= 4 is 34.0 Å². The molecule has 0 saturated carbocycles. The predicted octanol–water partition coefficient (Wildman–Crippen LogP) is 4.26. The fraction of sp³-hybridized carbons (Fsp3) is 0.235. The highest BCUT2D eigenvalue weighted by molar-refractivity contribution is 7.14. The van der Waals surface area contributed by atoms with Crippen molar-refractivity contribution in [2.75, 3.05) is 12.4 Å². The van der Waals surface area contributed by atoms with Crippen LogP contribution in [0.2, 0.25) is 5.02 Å². The minimum absolute atomic E-state index is 0.164. The number of thiazole rings is 1. The van der Waals surface area contributed by atoms with Crippen molar-refractivity contribution < 1.29 is 14.1 Å². The highest BCUT2D eigenvalue weighted by Gasteiger charge is 2.15. The van der Waals surface area contributed by atoms with Crippen LogP contribution in [-0.2, 0) is 11.2 Å². The molecule has 0 unspecified atom stereocenters. The zero-order chi connectivity index (χ0) is 18.0. The van der Waals surface area contributed by atoms with E-state index in [0.29, 0.717) is 21.7 Å². The Kier molecular flexibility index (Phi) is 5.06. The van der Waals surface area contributed by atoms with Gasteiger partial charge in [0.15, 0.2) is 5.13 Å². The minimum Gasteiger partial charge on any atom is -0.495 e. The van der Waals surface area contributed by atoms with Gasteiger partial charge in [-0.3, -0.25) is 4.79 Å². The van der Waals surface area contributed by atoms with E-state index in [1.807, 2.05) is 18.4 Å². The van der Waals surface area contributed by atoms with Gasteiger partial charge >= 0.3 is 0 Å². The fourth-order valence-corrected chi connectivity index (χ4v) is 3.36. The van der Waals surface area contributed by atoms with E-state index >= 15 is 0 Å². The number of aromatic nitrogens is 2. The van der Waals surface area contributed by atoms with E-state index in [4.69, 9.17) is 20.9 Å². The lowest BCUT2D eigenvalue weighted by Gasteiger charge is -2.04. The van der Waals surface area contributed by atoms with Crippen LogP contribution in [0.5, 0.6) is 5.75 Å². The average Bonchev–Trinajstić information content (AvgIpc) is 3.16. The van der Waals surface area contributed by atoms with Crippen LogP contribution in [0.1, 0.15) is 17.0 Å². The maximum Gasteiger partial charge on any atom is 0.230 e. The number of amides is 1. The highest BCUT2D eigenvalue weighted by Crippen LogP contribution is 2.31. The van der Waals surface area contributed by atoms with Gasteiger partial charge in [-0.05, 0) is 32.0 Å². The monoisotopic (exact) mass is 377 g/mol. The van der Waals surface area contributed by atoms with Gasteiger partial charge in [-0.2, -0.15) is 0 Å². The number of rotatable bonds is 5. The summed E-state index contributed by atoms with van der Waals surface area (Å²) in [6.45, 7) is 3.60. The Hall–Kier alpha value is -2.38. The van der Waals surface area contributed by atoms with Gasteiger partial charge in [0.2, 0.25) is 5.91 Å². The molecule has 3 rings (SSSR count). The summed E-state index contributed by atoms with van der Waals surface area (Å²) in [5, 5.41) is 9.56. The Balaban J connectivity index is 1.71. The Bertz CT molecular complexity index is 900. The molecule has 3 aromatic rings. The number of methoxy groups -OCH3 is 1. The first-order valence-corrected chi connectivity index (χ1v) is 8.74. The van der Waals surface area contributed by atoms with Crippen LogP contribution < -0.4 is 10.1 Å². The topological polar surface area (TPSA) is 77.2 Å².